The standard InChI is InChI=1S/C31H29N3O3S/c1-5-26-27(21-16-14-20(15-17-21)19(2)3)33-31(38-26)34-29(35)24-18-22-10-9-13-25(36-4)28(22)37-30(24)32-23-11-7-6-8-12-23/h6-19H,5H2,1-4H3,(H,33,34,35). The quantitative estimate of drug-likeness (QED) is 0.237. The van der Waals surface area contributed by atoms with Crippen molar-refractivity contribution in [1.29, 1.82) is 0 Å². The summed E-state index contributed by atoms with van der Waals surface area (Å²) in [6.07, 6.45) is 0.814. The molecule has 0 saturated heterocycles. The number of fused-ring (bicyclic) bond motifs is 1. The van der Waals surface area contributed by atoms with Crippen molar-refractivity contribution in [2.75, 3.05) is 12.4 Å². The molecule has 0 fully saturated rings. The number of hydrogen-bond acceptors (Lipinski definition) is 6. The van der Waals surface area contributed by atoms with Crippen LogP contribution in [0.4, 0.5) is 10.8 Å². The third-order valence-corrected chi connectivity index (χ3v) is 7.39. The molecule has 5 aromatic rings. The Morgan fingerprint density at radius 2 is 1.82 bits per heavy atom. The van der Waals surface area contributed by atoms with Crippen LogP contribution in [-0.2, 0) is 6.42 Å². The van der Waals surface area contributed by atoms with Crippen LogP contribution in [0.15, 0.2) is 88.3 Å². The Morgan fingerprint density at radius 1 is 1.05 bits per heavy atom. The first-order valence-corrected chi connectivity index (χ1v) is 13.4. The first-order valence-electron chi connectivity index (χ1n) is 12.6. The minimum absolute atomic E-state index is 0.197. The van der Waals surface area contributed by atoms with E-state index in [9.17, 15) is 4.79 Å². The van der Waals surface area contributed by atoms with E-state index in [2.05, 4.69) is 55.3 Å². The zero-order valence-electron chi connectivity index (χ0n) is 21.8. The van der Waals surface area contributed by atoms with E-state index in [1.807, 2.05) is 48.5 Å². The van der Waals surface area contributed by atoms with Crippen molar-refractivity contribution in [3.8, 4) is 17.0 Å². The molecular weight excluding hydrogens is 494 g/mol. The zero-order valence-corrected chi connectivity index (χ0v) is 22.6. The van der Waals surface area contributed by atoms with E-state index >= 15 is 0 Å². The fraction of sp³-hybridized carbons (Fsp3) is 0.194. The third-order valence-electron chi connectivity index (χ3n) is 6.28. The number of nitrogens with one attached hydrogen (secondary N) is 1. The summed E-state index contributed by atoms with van der Waals surface area (Å²) in [4.78, 5) is 24.1. The summed E-state index contributed by atoms with van der Waals surface area (Å²) < 4.78 is 11.6. The van der Waals surface area contributed by atoms with Gasteiger partial charge in [0, 0.05) is 15.8 Å². The van der Waals surface area contributed by atoms with E-state index in [-0.39, 0.29) is 11.5 Å². The summed E-state index contributed by atoms with van der Waals surface area (Å²) >= 11 is 1.48. The van der Waals surface area contributed by atoms with Crippen molar-refractivity contribution < 1.29 is 13.9 Å². The minimum atomic E-state index is -0.341. The van der Waals surface area contributed by atoms with Crippen LogP contribution in [0.5, 0.6) is 5.75 Å². The number of hydrogen-bond donors (Lipinski definition) is 1. The van der Waals surface area contributed by atoms with Gasteiger partial charge < -0.3 is 9.15 Å². The maximum Gasteiger partial charge on any atom is 0.262 e. The predicted octanol–water partition coefficient (Wildman–Crippen LogP) is 7.74. The third kappa shape index (κ3) is 5.24. The number of aromatic nitrogens is 1. The molecule has 5 rings (SSSR count). The molecule has 0 unspecified atom stereocenters. The molecule has 0 atom stereocenters. The molecule has 0 aliphatic heterocycles. The van der Waals surface area contributed by atoms with Crippen LogP contribution in [-0.4, -0.2) is 18.0 Å². The van der Waals surface area contributed by atoms with Gasteiger partial charge in [-0.15, -0.1) is 11.3 Å². The lowest BCUT2D eigenvalue weighted by molar-refractivity contribution is 0.102. The summed E-state index contributed by atoms with van der Waals surface area (Å²) in [7, 11) is 1.58. The Balaban J connectivity index is 1.54. The van der Waals surface area contributed by atoms with Crippen molar-refractivity contribution in [1.82, 2.24) is 4.98 Å². The van der Waals surface area contributed by atoms with Gasteiger partial charge in [0.1, 0.15) is 5.56 Å². The number of thiazole rings is 1. The molecule has 38 heavy (non-hydrogen) atoms. The normalized spacial score (nSPS) is 11.8. The zero-order chi connectivity index (χ0) is 26.6. The van der Waals surface area contributed by atoms with Gasteiger partial charge in [-0.1, -0.05) is 75.4 Å². The Morgan fingerprint density at radius 3 is 2.50 bits per heavy atom. The molecule has 0 aliphatic rings. The summed E-state index contributed by atoms with van der Waals surface area (Å²) in [5.74, 6) is 0.689. The lowest BCUT2D eigenvalue weighted by atomic mass is 10.0. The van der Waals surface area contributed by atoms with E-state index in [4.69, 9.17) is 14.1 Å². The number of benzene rings is 3. The van der Waals surface area contributed by atoms with Gasteiger partial charge in [0.05, 0.1) is 18.5 Å². The monoisotopic (exact) mass is 523 g/mol. The number of ether oxygens (including phenoxy) is 1. The Bertz CT molecular complexity index is 1650. The van der Waals surface area contributed by atoms with Gasteiger partial charge in [0.2, 0.25) is 5.55 Å². The smallest absolute Gasteiger partial charge is 0.262 e. The number of carbonyl (C=O) groups is 1. The lowest BCUT2D eigenvalue weighted by Crippen LogP contribution is -2.21. The SMILES string of the molecule is CCc1sc(NC(=O)c2cc3cccc(OC)c3oc2=Nc2ccccc2)nc1-c1ccc(C(C)C)cc1. The fourth-order valence-electron chi connectivity index (χ4n) is 4.21. The second-order valence-corrected chi connectivity index (χ2v) is 10.3. The van der Waals surface area contributed by atoms with Gasteiger partial charge in [0.25, 0.3) is 5.91 Å². The Hall–Kier alpha value is -4.23. The average Bonchev–Trinajstić information content (AvgIpc) is 3.35. The highest BCUT2D eigenvalue weighted by Crippen LogP contribution is 2.33. The topological polar surface area (TPSA) is 76.7 Å². The van der Waals surface area contributed by atoms with Crippen molar-refractivity contribution in [3.05, 3.63) is 100 Å². The molecule has 7 heteroatoms. The first-order chi connectivity index (χ1) is 18.5. The highest BCUT2D eigenvalue weighted by molar-refractivity contribution is 7.16. The summed E-state index contributed by atoms with van der Waals surface area (Å²) in [5.41, 5.74) is 4.92. The molecule has 1 amide bonds. The van der Waals surface area contributed by atoms with Crippen LogP contribution < -0.4 is 15.6 Å². The predicted molar refractivity (Wildman–Crippen MR) is 153 cm³/mol. The highest BCUT2D eigenvalue weighted by atomic mass is 32.1. The second-order valence-electron chi connectivity index (χ2n) is 9.17. The largest absolute Gasteiger partial charge is 0.493 e. The van der Waals surface area contributed by atoms with Crippen LogP contribution >= 0.6 is 11.3 Å². The molecule has 0 radical (unpaired) electrons. The van der Waals surface area contributed by atoms with E-state index in [0.717, 1.165) is 27.9 Å². The van der Waals surface area contributed by atoms with E-state index in [0.29, 0.717) is 33.6 Å². The van der Waals surface area contributed by atoms with Crippen LogP contribution in [0.25, 0.3) is 22.2 Å². The summed E-state index contributed by atoms with van der Waals surface area (Å²) in [5, 5.41) is 4.26. The molecule has 0 spiro atoms. The van der Waals surface area contributed by atoms with Gasteiger partial charge in [-0.05, 0) is 42.2 Å². The molecule has 6 nitrogen and oxygen atoms in total. The highest BCUT2D eigenvalue weighted by Gasteiger charge is 2.19. The Kier molecular flexibility index (Phi) is 7.38. The summed E-state index contributed by atoms with van der Waals surface area (Å²) in [6.45, 7) is 6.45. The molecular formula is C31H29N3O3S. The number of methoxy groups -OCH3 is 1. The molecule has 0 bridgehead atoms. The Labute approximate surface area is 225 Å². The molecule has 0 aliphatic carbocycles. The van der Waals surface area contributed by atoms with Gasteiger partial charge in [-0.2, -0.15) is 0 Å². The number of rotatable bonds is 7. The van der Waals surface area contributed by atoms with Gasteiger partial charge in [0.15, 0.2) is 16.5 Å². The van der Waals surface area contributed by atoms with Crippen LogP contribution in [0, 0.1) is 0 Å². The molecule has 192 valence electrons. The maximum absolute atomic E-state index is 13.6. The van der Waals surface area contributed by atoms with Crippen LogP contribution in [0.2, 0.25) is 0 Å². The number of anilines is 1. The summed E-state index contributed by atoms with van der Waals surface area (Å²) in [6, 6.07) is 25.2. The first kappa shape index (κ1) is 25.4. The van der Waals surface area contributed by atoms with Crippen molar-refractivity contribution >= 4 is 39.0 Å². The number of amides is 1. The van der Waals surface area contributed by atoms with Crippen molar-refractivity contribution in [2.45, 2.75) is 33.1 Å². The number of carbonyl (C=O) groups excluding carboxylic acids is 1. The van der Waals surface area contributed by atoms with E-state index in [1.54, 1.807) is 13.2 Å². The van der Waals surface area contributed by atoms with Crippen molar-refractivity contribution in [3.63, 3.8) is 0 Å². The van der Waals surface area contributed by atoms with E-state index < -0.39 is 0 Å². The van der Waals surface area contributed by atoms with Gasteiger partial charge in [-0.25, -0.2) is 9.98 Å². The number of para-hydroxylation sites is 2. The van der Waals surface area contributed by atoms with E-state index in [1.165, 1.54) is 16.9 Å². The fourth-order valence-corrected chi connectivity index (χ4v) is 5.13. The second kappa shape index (κ2) is 11.0. The van der Waals surface area contributed by atoms with Crippen LogP contribution in [0.1, 0.15) is 47.5 Å². The molecule has 0 saturated carbocycles. The van der Waals surface area contributed by atoms with Crippen molar-refractivity contribution in [2.24, 2.45) is 4.99 Å². The molecule has 2 aromatic heterocycles. The molecule has 2 heterocycles. The number of nitrogens with zero attached hydrogens (tertiary/aromatic N) is 2. The lowest BCUT2D eigenvalue weighted by Gasteiger charge is -2.08. The number of aryl methyl sites for hydroxylation is 1. The maximum atomic E-state index is 13.6. The van der Waals surface area contributed by atoms with Crippen LogP contribution in [0.3, 0.4) is 0 Å². The average molecular weight is 524 g/mol. The molecule has 3 aromatic carbocycles. The minimum Gasteiger partial charge on any atom is -0.493 e. The van der Waals surface area contributed by atoms with Gasteiger partial charge in [-0.3, -0.25) is 10.1 Å². The van der Waals surface area contributed by atoms with Gasteiger partial charge >= 0.3 is 0 Å². The molecule has 1 N–H and O–H groups in total.